The highest BCUT2D eigenvalue weighted by Gasteiger charge is 2.22. The van der Waals surface area contributed by atoms with E-state index in [4.69, 9.17) is 14.7 Å². The van der Waals surface area contributed by atoms with Crippen LogP contribution in [0.5, 0.6) is 5.75 Å². The number of nitrogens with zero attached hydrogens (tertiary/aromatic N) is 2. The highest BCUT2D eigenvalue weighted by atomic mass is 16.5. The van der Waals surface area contributed by atoms with Crippen LogP contribution in [0.25, 0.3) is 0 Å². The minimum absolute atomic E-state index is 0.0374. The van der Waals surface area contributed by atoms with E-state index in [9.17, 15) is 5.11 Å². The molecule has 1 aliphatic rings. The molecule has 1 aliphatic heterocycles. The van der Waals surface area contributed by atoms with Crippen LogP contribution in [-0.2, 0) is 11.3 Å². The Balaban J connectivity index is 2.12. The summed E-state index contributed by atoms with van der Waals surface area (Å²) in [5.41, 5.74) is 1.60. The molecule has 0 amide bonds. The quantitative estimate of drug-likeness (QED) is 0.867. The van der Waals surface area contributed by atoms with E-state index in [0.29, 0.717) is 24.5 Å². The second-order valence-corrected chi connectivity index (χ2v) is 4.53. The Kier molecular flexibility index (Phi) is 4.74. The van der Waals surface area contributed by atoms with Crippen molar-refractivity contribution in [1.82, 2.24) is 4.90 Å². The standard InChI is InChI=1S/C14H18N2O3/c1-18-14-6-11(2-3-12(14)7-15)8-16-4-5-19-10-13(16)9-17/h2-3,6,13,17H,4-5,8-10H2,1H3. The van der Waals surface area contributed by atoms with E-state index < -0.39 is 0 Å². The zero-order chi connectivity index (χ0) is 13.7. The van der Waals surface area contributed by atoms with E-state index in [-0.39, 0.29) is 12.6 Å². The molecule has 1 heterocycles. The molecule has 1 unspecified atom stereocenters. The predicted molar refractivity (Wildman–Crippen MR) is 69.8 cm³/mol. The lowest BCUT2D eigenvalue weighted by Gasteiger charge is -2.34. The van der Waals surface area contributed by atoms with Gasteiger partial charge in [-0.15, -0.1) is 0 Å². The molecule has 0 bridgehead atoms. The maximum Gasteiger partial charge on any atom is 0.136 e. The van der Waals surface area contributed by atoms with Gasteiger partial charge in [-0.1, -0.05) is 6.07 Å². The Bertz CT molecular complexity index is 470. The van der Waals surface area contributed by atoms with E-state index in [2.05, 4.69) is 11.0 Å². The van der Waals surface area contributed by atoms with Gasteiger partial charge in [0.15, 0.2) is 0 Å². The zero-order valence-corrected chi connectivity index (χ0v) is 11.0. The van der Waals surface area contributed by atoms with Gasteiger partial charge in [-0.05, 0) is 17.7 Å². The summed E-state index contributed by atoms with van der Waals surface area (Å²) in [5, 5.41) is 18.3. The van der Waals surface area contributed by atoms with Gasteiger partial charge in [0.2, 0.25) is 0 Å². The maximum atomic E-state index is 9.33. The monoisotopic (exact) mass is 262 g/mol. The summed E-state index contributed by atoms with van der Waals surface area (Å²) in [6.45, 7) is 2.85. The Labute approximate surface area is 113 Å². The molecule has 1 aromatic carbocycles. The third kappa shape index (κ3) is 3.24. The van der Waals surface area contributed by atoms with Crippen LogP contribution >= 0.6 is 0 Å². The summed E-state index contributed by atoms with van der Waals surface area (Å²) in [6, 6.07) is 7.70. The number of rotatable bonds is 4. The molecule has 1 saturated heterocycles. The van der Waals surface area contributed by atoms with Gasteiger partial charge in [0.1, 0.15) is 11.8 Å². The van der Waals surface area contributed by atoms with Crippen molar-refractivity contribution in [2.45, 2.75) is 12.6 Å². The normalized spacial score (nSPS) is 19.9. The predicted octanol–water partition coefficient (Wildman–Crippen LogP) is 0.760. The zero-order valence-electron chi connectivity index (χ0n) is 11.0. The van der Waals surface area contributed by atoms with Gasteiger partial charge in [-0.3, -0.25) is 4.90 Å². The van der Waals surface area contributed by atoms with E-state index in [1.54, 1.807) is 13.2 Å². The number of benzene rings is 1. The van der Waals surface area contributed by atoms with Crippen molar-refractivity contribution in [3.8, 4) is 11.8 Å². The van der Waals surface area contributed by atoms with E-state index in [1.165, 1.54) is 0 Å². The SMILES string of the molecule is COc1cc(CN2CCOCC2CO)ccc1C#N. The molecule has 2 rings (SSSR count). The summed E-state index contributed by atoms with van der Waals surface area (Å²) in [6.07, 6.45) is 0. The molecular formula is C14H18N2O3. The van der Waals surface area contributed by atoms with Crippen molar-refractivity contribution in [2.75, 3.05) is 33.5 Å². The Hall–Kier alpha value is -1.61. The molecule has 1 atom stereocenters. The van der Waals surface area contributed by atoms with Crippen LogP contribution in [-0.4, -0.2) is 49.5 Å². The number of aliphatic hydroxyl groups is 1. The van der Waals surface area contributed by atoms with Crippen LogP contribution < -0.4 is 4.74 Å². The van der Waals surface area contributed by atoms with Crippen molar-refractivity contribution in [2.24, 2.45) is 0 Å². The summed E-state index contributed by atoms with van der Waals surface area (Å²) in [4.78, 5) is 2.18. The number of nitriles is 1. The Morgan fingerprint density at radius 3 is 3.11 bits per heavy atom. The Morgan fingerprint density at radius 2 is 2.42 bits per heavy atom. The first-order valence-electron chi connectivity index (χ1n) is 6.28. The minimum Gasteiger partial charge on any atom is -0.495 e. The molecule has 0 aliphatic carbocycles. The van der Waals surface area contributed by atoms with Crippen molar-refractivity contribution < 1.29 is 14.6 Å². The molecule has 5 nitrogen and oxygen atoms in total. The second kappa shape index (κ2) is 6.53. The van der Waals surface area contributed by atoms with Gasteiger partial charge >= 0.3 is 0 Å². The topological polar surface area (TPSA) is 65.7 Å². The van der Waals surface area contributed by atoms with Crippen molar-refractivity contribution in [1.29, 1.82) is 5.26 Å². The number of ether oxygens (including phenoxy) is 2. The fourth-order valence-corrected chi connectivity index (χ4v) is 2.23. The molecule has 0 spiro atoms. The van der Waals surface area contributed by atoms with Gasteiger partial charge in [-0.25, -0.2) is 0 Å². The van der Waals surface area contributed by atoms with Crippen molar-refractivity contribution >= 4 is 0 Å². The van der Waals surface area contributed by atoms with Gasteiger partial charge in [0, 0.05) is 13.1 Å². The molecule has 19 heavy (non-hydrogen) atoms. The maximum absolute atomic E-state index is 9.33. The average Bonchev–Trinajstić information content (AvgIpc) is 2.47. The van der Waals surface area contributed by atoms with Gasteiger partial charge in [0.05, 0.1) is 38.5 Å². The smallest absolute Gasteiger partial charge is 0.136 e. The van der Waals surface area contributed by atoms with Crippen LogP contribution in [0.3, 0.4) is 0 Å². The first-order chi connectivity index (χ1) is 9.28. The fourth-order valence-electron chi connectivity index (χ4n) is 2.23. The van der Waals surface area contributed by atoms with Gasteiger partial charge < -0.3 is 14.6 Å². The van der Waals surface area contributed by atoms with Crippen molar-refractivity contribution in [3.05, 3.63) is 29.3 Å². The number of hydrogen-bond donors (Lipinski definition) is 1. The van der Waals surface area contributed by atoms with Crippen LogP contribution in [0, 0.1) is 11.3 Å². The number of hydrogen-bond acceptors (Lipinski definition) is 5. The fraction of sp³-hybridized carbons (Fsp3) is 0.500. The largest absolute Gasteiger partial charge is 0.495 e. The van der Waals surface area contributed by atoms with E-state index >= 15 is 0 Å². The molecule has 102 valence electrons. The van der Waals surface area contributed by atoms with Crippen LogP contribution in [0.15, 0.2) is 18.2 Å². The van der Waals surface area contributed by atoms with Gasteiger partial charge in [0.25, 0.3) is 0 Å². The summed E-state index contributed by atoms with van der Waals surface area (Å²) in [7, 11) is 1.56. The lowest BCUT2D eigenvalue weighted by atomic mass is 10.1. The summed E-state index contributed by atoms with van der Waals surface area (Å²) >= 11 is 0. The Morgan fingerprint density at radius 1 is 1.58 bits per heavy atom. The first-order valence-corrected chi connectivity index (χ1v) is 6.28. The van der Waals surface area contributed by atoms with Crippen LogP contribution in [0.4, 0.5) is 0 Å². The molecular weight excluding hydrogens is 244 g/mol. The molecule has 1 aromatic rings. The second-order valence-electron chi connectivity index (χ2n) is 4.53. The third-order valence-electron chi connectivity index (χ3n) is 3.33. The molecule has 1 N–H and O–H groups in total. The summed E-state index contributed by atoms with van der Waals surface area (Å²) < 4.78 is 10.6. The molecule has 0 saturated carbocycles. The highest BCUT2D eigenvalue weighted by Crippen LogP contribution is 2.21. The average molecular weight is 262 g/mol. The lowest BCUT2D eigenvalue weighted by molar-refractivity contribution is -0.0312. The summed E-state index contributed by atoms with van der Waals surface area (Å²) in [5.74, 6) is 0.591. The number of morpholine rings is 1. The molecule has 0 radical (unpaired) electrons. The minimum atomic E-state index is 0.0374. The lowest BCUT2D eigenvalue weighted by Crippen LogP contribution is -2.46. The highest BCUT2D eigenvalue weighted by molar-refractivity contribution is 5.45. The first kappa shape index (κ1) is 13.8. The van der Waals surface area contributed by atoms with E-state index in [0.717, 1.165) is 18.7 Å². The van der Waals surface area contributed by atoms with Crippen molar-refractivity contribution in [3.63, 3.8) is 0 Å². The molecule has 0 aromatic heterocycles. The number of methoxy groups -OCH3 is 1. The number of aliphatic hydroxyl groups excluding tert-OH is 1. The third-order valence-corrected chi connectivity index (χ3v) is 3.33. The van der Waals surface area contributed by atoms with Crippen LogP contribution in [0.1, 0.15) is 11.1 Å². The van der Waals surface area contributed by atoms with Gasteiger partial charge in [-0.2, -0.15) is 5.26 Å². The van der Waals surface area contributed by atoms with Crippen LogP contribution in [0.2, 0.25) is 0 Å². The molecule has 5 heteroatoms. The molecule has 1 fully saturated rings. The van der Waals surface area contributed by atoms with E-state index in [1.807, 2.05) is 12.1 Å².